The number of hydrogen-bond donors (Lipinski definition) is 3. The van der Waals surface area contributed by atoms with Gasteiger partial charge in [0.05, 0.1) is 33.4 Å². The zero-order valence-electron chi connectivity index (χ0n) is 25.3. The highest BCUT2D eigenvalue weighted by Crippen LogP contribution is 2.31. The van der Waals surface area contributed by atoms with Crippen molar-refractivity contribution in [1.82, 2.24) is 14.9 Å². The number of rotatable bonds is 14. The molecule has 0 unspecified atom stereocenters. The van der Waals surface area contributed by atoms with E-state index in [-0.39, 0.29) is 18.2 Å². The number of pyridine rings is 2. The molecule has 228 valence electrons. The van der Waals surface area contributed by atoms with Crippen molar-refractivity contribution in [2.75, 3.05) is 36.8 Å². The van der Waals surface area contributed by atoms with Crippen molar-refractivity contribution < 1.29 is 9.59 Å². The second-order valence-electron chi connectivity index (χ2n) is 11.3. The van der Waals surface area contributed by atoms with Crippen LogP contribution in [0.2, 0.25) is 0 Å². The monoisotopic (exact) mass is 598 g/mol. The zero-order chi connectivity index (χ0) is 31.0. The molecule has 45 heavy (non-hydrogen) atoms. The standard InChI is InChI=1S/C37H38N6O2/c38-34(44)20-9-21-35(45)43(24-10-22-39-36-26-12-1-5-16-30(26)41-31-17-6-2-13-27(31)36)25-11-23-40-37-28-14-3-7-18-32(28)42-33-19-8-4-15-29(33)37/h1-8,12-19H,9-11,20-25H2,(H2,38,44)(H,39,41)(H,40,42). The van der Waals surface area contributed by atoms with E-state index >= 15 is 0 Å². The van der Waals surface area contributed by atoms with E-state index in [1.165, 1.54) is 0 Å². The summed E-state index contributed by atoms with van der Waals surface area (Å²) in [6.07, 6.45) is 2.54. The average molecular weight is 599 g/mol. The summed E-state index contributed by atoms with van der Waals surface area (Å²) in [5, 5.41) is 11.6. The first-order valence-corrected chi connectivity index (χ1v) is 15.7. The third-order valence-corrected chi connectivity index (χ3v) is 8.16. The average Bonchev–Trinajstić information content (AvgIpc) is 3.06. The number of nitrogens with one attached hydrogen (secondary N) is 2. The van der Waals surface area contributed by atoms with Crippen LogP contribution in [-0.2, 0) is 9.59 Å². The Labute approximate surface area is 262 Å². The Balaban J connectivity index is 1.11. The fourth-order valence-electron chi connectivity index (χ4n) is 5.96. The van der Waals surface area contributed by atoms with Gasteiger partial charge < -0.3 is 21.3 Å². The van der Waals surface area contributed by atoms with Crippen molar-refractivity contribution in [2.45, 2.75) is 32.1 Å². The number of anilines is 2. The van der Waals surface area contributed by atoms with Gasteiger partial charge in [0, 0.05) is 60.6 Å². The number of nitrogens with two attached hydrogens (primary N) is 1. The van der Waals surface area contributed by atoms with Gasteiger partial charge in [0.2, 0.25) is 11.8 Å². The van der Waals surface area contributed by atoms with Gasteiger partial charge >= 0.3 is 0 Å². The highest BCUT2D eigenvalue weighted by Gasteiger charge is 2.15. The zero-order valence-corrected chi connectivity index (χ0v) is 25.3. The molecule has 6 rings (SSSR count). The fourth-order valence-corrected chi connectivity index (χ4v) is 5.96. The van der Waals surface area contributed by atoms with Crippen molar-refractivity contribution in [3.63, 3.8) is 0 Å². The van der Waals surface area contributed by atoms with E-state index in [0.29, 0.717) is 39.0 Å². The molecule has 0 aliphatic heterocycles. The lowest BCUT2D eigenvalue weighted by Crippen LogP contribution is -2.34. The largest absolute Gasteiger partial charge is 0.384 e. The normalized spacial score (nSPS) is 11.3. The number of carbonyl (C=O) groups is 2. The third kappa shape index (κ3) is 6.96. The summed E-state index contributed by atoms with van der Waals surface area (Å²) in [7, 11) is 0. The van der Waals surface area contributed by atoms with Gasteiger partial charge in [-0.05, 0) is 43.5 Å². The highest BCUT2D eigenvalue weighted by atomic mass is 16.2. The van der Waals surface area contributed by atoms with Gasteiger partial charge in [-0.25, -0.2) is 9.97 Å². The molecule has 0 fully saturated rings. The smallest absolute Gasteiger partial charge is 0.222 e. The van der Waals surface area contributed by atoms with Gasteiger partial charge in [0.15, 0.2) is 0 Å². The maximum absolute atomic E-state index is 13.3. The molecule has 4 aromatic carbocycles. The predicted molar refractivity (Wildman–Crippen MR) is 184 cm³/mol. The minimum Gasteiger partial charge on any atom is -0.384 e. The maximum Gasteiger partial charge on any atom is 0.222 e. The number of primary amides is 1. The molecular formula is C37H38N6O2. The fraction of sp³-hybridized carbons (Fsp3) is 0.243. The number of aromatic nitrogens is 2. The first-order chi connectivity index (χ1) is 22.1. The van der Waals surface area contributed by atoms with Crippen LogP contribution in [0.1, 0.15) is 32.1 Å². The predicted octanol–water partition coefficient (Wildman–Crippen LogP) is 6.88. The van der Waals surface area contributed by atoms with Crippen LogP contribution in [0.3, 0.4) is 0 Å². The molecule has 0 saturated heterocycles. The van der Waals surface area contributed by atoms with Gasteiger partial charge in [-0.15, -0.1) is 0 Å². The van der Waals surface area contributed by atoms with E-state index in [9.17, 15) is 9.59 Å². The molecule has 8 heteroatoms. The summed E-state index contributed by atoms with van der Waals surface area (Å²) in [4.78, 5) is 36.1. The molecule has 0 bridgehead atoms. The van der Waals surface area contributed by atoms with Crippen LogP contribution in [0.25, 0.3) is 43.6 Å². The van der Waals surface area contributed by atoms with Crippen LogP contribution < -0.4 is 16.4 Å². The van der Waals surface area contributed by atoms with E-state index in [1.807, 2.05) is 77.7 Å². The molecule has 4 N–H and O–H groups in total. The molecule has 2 heterocycles. The van der Waals surface area contributed by atoms with Gasteiger partial charge in [-0.1, -0.05) is 72.8 Å². The molecule has 8 nitrogen and oxygen atoms in total. The van der Waals surface area contributed by atoms with Crippen LogP contribution in [0, 0.1) is 0 Å². The Bertz CT molecular complexity index is 1740. The maximum atomic E-state index is 13.3. The van der Waals surface area contributed by atoms with Crippen LogP contribution >= 0.6 is 0 Å². The summed E-state index contributed by atoms with van der Waals surface area (Å²) in [6.45, 7) is 2.64. The Morgan fingerprint density at radius 1 is 0.556 bits per heavy atom. The van der Waals surface area contributed by atoms with Crippen LogP contribution in [0.5, 0.6) is 0 Å². The minimum atomic E-state index is -0.378. The number of carbonyl (C=O) groups excluding carboxylic acids is 2. The van der Waals surface area contributed by atoms with Crippen molar-refractivity contribution in [2.24, 2.45) is 5.73 Å². The Hall–Kier alpha value is -5.24. The summed E-state index contributed by atoms with van der Waals surface area (Å²) >= 11 is 0. The van der Waals surface area contributed by atoms with Gasteiger partial charge in [0.1, 0.15) is 0 Å². The number of nitrogens with zero attached hydrogens (tertiary/aromatic N) is 3. The summed E-state index contributed by atoms with van der Waals surface area (Å²) in [5.74, 6) is -0.327. The van der Waals surface area contributed by atoms with E-state index in [2.05, 4.69) is 34.9 Å². The Morgan fingerprint density at radius 3 is 1.31 bits per heavy atom. The molecule has 0 radical (unpaired) electrons. The number of amides is 2. The Kier molecular flexibility index (Phi) is 9.30. The number of hydrogen-bond acceptors (Lipinski definition) is 6. The van der Waals surface area contributed by atoms with Crippen molar-refractivity contribution in [3.05, 3.63) is 97.1 Å². The van der Waals surface area contributed by atoms with Gasteiger partial charge in [-0.3, -0.25) is 9.59 Å². The topological polar surface area (TPSA) is 113 Å². The van der Waals surface area contributed by atoms with Crippen molar-refractivity contribution >= 4 is 66.8 Å². The highest BCUT2D eigenvalue weighted by molar-refractivity contribution is 6.08. The molecule has 0 saturated carbocycles. The third-order valence-electron chi connectivity index (χ3n) is 8.16. The molecular weight excluding hydrogens is 560 g/mol. The lowest BCUT2D eigenvalue weighted by molar-refractivity contribution is -0.131. The number of para-hydroxylation sites is 4. The molecule has 0 atom stereocenters. The van der Waals surface area contributed by atoms with E-state index in [4.69, 9.17) is 15.7 Å². The summed E-state index contributed by atoms with van der Waals surface area (Å²) in [6, 6.07) is 32.6. The number of benzene rings is 4. The molecule has 2 amide bonds. The van der Waals surface area contributed by atoms with E-state index in [1.54, 1.807) is 0 Å². The lowest BCUT2D eigenvalue weighted by Gasteiger charge is -2.24. The first kappa shape index (κ1) is 29.8. The first-order valence-electron chi connectivity index (χ1n) is 15.7. The van der Waals surface area contributed by atoms with Gasteiger partial charge in [-0.2, -0.15) is 0 Å². The Morgan fingerprint density at radius 2 is 0.933 bits per heavy atom. The van der Waals surface area contributed by atoms with Crippen LogP contribution in [-0.4, -0.2) is 52.9 Å². The SMILES string of the molecule is NC(=O)CCCC(=O)N(CCCNc1c2ccccc2nc2ccccc12)CCCNc1c2ccccc2nc2ccccc12. The second kappa shape index (κ2) is 14.0. The molecule has 2 aromatic heterocycles. The summed E-state index contributed by atoms with van der Waals surface area (Å²) < 4.78 is 0. The van der Waals surface area contributed by atoms with E-state index in [0.717, 1.165) is 67.8 Å². The summed E-state index contributed by atoms with van der Waals surface area (Å²) in [5.41, 5.74) is 11.3. The quantitative estimate of drug-likeness (QED) is 0.0931. The van der Waals surface area contributed by atoms with Gasteiger partial charge in [0.25, 0.3) is 0 Å². The molecule has 0 aliphatic rings. The molecule has 0 aliphatic carbocycles. The van der Waals surface area contributed by atoms with Crippen molar-refractivity contribution in [1.29, 1.82) is 0 Å². The minimum absolute atomic E-state index is 0.0517. The molecule has 0 spiro atoms. The molecule has 6 aromatic rings. The van der Waals surface area contributed by atoms with E-state index < -0.39 is 0 Å². The number of fused-ring (bicyclic) bond motifs is 4. The second-order valence-corrected chi connectivity index (χ2v) is 11.3. The lowest BCUT2D eigenvalue weighted by atomic mass is 10.1. The van der Waals surface area contributed by atoms with Crippen LogP contribution in [0.15, 0.2) is 97.1 Å². The van der Waals surface area contributed by atoms with Crippen molar-refractivity contribution in [3.8, 4) is 0 Å². The van der Waals surface area contributed by atoms with Crippen LogP contribution in [0.4, 0.5) is 11.4 Å².